The number of halogens is 1. The van der Waals surface area contributed by atoms with E-state index in [1.807, 2.05) is 19.9 Å². The maximum absolute atomic E-state index is 12.2. The van der Waals surface area contributed by atoms with Gasteiger partial charge in [-0.25, -0.2) is 0 Å². The summed E-state index contributed by atoms with van der Waals surface area (Å²) in [6.45, 7) is 3.98. The zero-order chi connectivity index (χ0) is 17.5. The third kappa shape index (κ3) is 4.59. The van der Waals surface area contributed by atoms with Crippen LogP contribution >= 0.6 is 11.6 Å². The van der Waals surface area contributed by atoms with Crippen molar-refractivity contribution in [3.8, 4) is 0 Å². The molecule has 2 aromatic carbocycles. The van der Waals surface area contributed by atoms with Crippen LogP contribution in [0.25, 0.3) is 0 Å². The summed E-state index contributed by atoms with van der Waals surface area (Å²) >= 11 is 6.23. The molecule has 2 rings (SSSR count). The van der Waals surface area contributed by atoms with Gasteiger partial charge in [0.15, 0.2) is 0 Å². The summed E-state index contributed by atoms with van der Waals surface area (Å²) in [6.07, 6.45) is 1.59. The van der Waals surface area contributed by atoms with E-state index >= 15 is 0 Å². The second-order valence-electron chi connectivity index (χ2n) is 5.52. The van der Waals surface area contributed by atoms with Gasteiger partial charge in [0.05, 0.1) is 10.7 Å². The molecule has 0 saturated heterocycles. The first-order valence-corrected chi connectivity index (χ1v) is 8.39. The van der Waals surface area contributed by atoms with Crippen molar-refractivity contribution in [2.45, 2.75) is 26.7 Å². The van der Waals surface area contributed by atoms with Gasteiger partial charge in [-0.3, -0.25) is 9.59 Å². The Morgan fingerprint density at radius 2 is 1.67 bits per heavy atom. The molecule has 0 unspecified atom stereocenters. The van der Waals surface area contributed by atoms with Crippen molar-refractivity contribution in [1.29, 1.82) is 0 Å². The summed E-state index contributed by atoms with van der Waals surface area (Å²) in [5, 5.41) is 6.01. The maximum atomic E-state index is 12.2. The zero-order valence-electron chi connectivity index (χ0n) is 13.8. The van der Waals surface area contributed by atoms with Crippen LogP contribution in [0.1, 0.15) is 37.0 Å². The number of benzene rings is 2. The largest absolute Gasteiger partial charge is 0.326 e. The Kier molecular flexibility index (Phi) is 6.38. The number of hydrogen-bond donors (Lipinski definition) is 2. The van der Waals surface area contributed by atoms with Crippen molar-refractivity contribution in [2.24, 2.45) is 5.92 Å². The van der Waals surface area contributed by atoms with E-state index in [-0.39, 0.29) is 17.7 Å². The van der Waals surface area contributed by atoms with E-state index < -0.39 is 0 Å². The van der Waals surface area contributed by atoms with Crippen LogP contribution in [0.5, 0.6) is 0 Å². The molecular weight excluding hydrogens is 324 g/mol. The van der Waals surface area contributed by atoms with Crippen molar-refractivity contribution in [3.63, 3.8) is 0 Å². The van der Waals surface area contributed by atoms with Gasteiger partial charge >= 0.3 is 0 Å². The Hall–Kier alpha value is -2.33. The molecule has 0 spiro atoms. The van der Waals surface area contributed by atoms with E-state index in [0.717, 1.165) is 12.8 Å². The summed E-state index contributed by atoms with van der Waals surface area (Å²) in [7, 11) is 0. The molecule has 5 heteroatoms. The normalized spacial score (nSPS) is 10.5. The van der Waals surface area contributed by atoms with Gasteiger partial charge < -0.3 is 10.6 Å². The summed E-state index contributed by atoms with van der Waals surface area (Å²) in [4.78, 5) is 24.3. The third-order valence-corrected chi connectivity index (χ3v) is 4.19. The minimum Gasteiger partial charge on any atom is -0.326 e. The first-order valence-electron chi connectivity index (χ1n) is 8.02. The summed E-state index contributed by atoms with van der Waals surface area (Å²) in [6, 6.07) is 14.0. The van der Waals surface area contributed by atoms with Crippen molar-refractivity contribution >= 4 is 34.8 Å². The molecule has 0 aromatic heterocycles. The molecule has 24 heavy (non-hydrogen) atoms. The molecule has 4 nitrogen and oxygen atoms in total. The van der Waals surface area contributed by atoms with Crippen molar-refractivity contribution in [3.05, 3.63) is 59.1 Å². The highest BCUT2D eigenvalue weighted by atomic mass is 35.5. The van der Waals surface area contributed by atoms with E-state index in [9.17, 15) is 9.59 Å². The summed E-state index contributed by atoms with van der Waals surface area (Å²) in [5.74, 6) is -0.260. The Labute approximate surface area is 147 Å². The zero-order valence-corrected chi connectivity index (χ0v) is 14.6. The number of anilines is 2. The van der Waals surface area contributed by atoms with Gasteiger partial charge in [-0.1, -0.05) is 43.6 Å². The molecule has 2 amide bonds. The van der Waals surface area contributed by atoms with Crippen LogP contribution in [0.15, 0.2) is 48.5 Å². The van der Waals surface area contributed by atoms with Crippen LogP contribution in [0.4, 0.5) is 11.4 Å². The van der Waals surface area contributed by atoms with Crippen LogP contribution in [0, 0.1) is 5.92 Å². The molecule has 0 saturated carbocycles. The van der Waals surface area contributed by atoms with Gasteiger partial charge in [-0.05, 0) is 43.2 Å². The number of nitrogens with one attached hydrogen (secondary N) is 2. The third-order valence-electron chi connectivity index (χ3n) is 3.88. The van der Waals surface area contributed by atoms with Crippen LogP contribution < -0.4 is 10.6 Å². The second-order valence-corrected chi connectivity index (χ2v) is 5.92. The number of amides is 2. The molecule has 0 aliphatic heterocycles. The topological polar surface area (TPSA) is 58.2 Å². The number of rotatable bonds is 6. The van der Waals surface area contributed by atoms with Crippen molar-refractivity contribution in [1.82, 2.24) is 0 Å². The van der Waals surface area contributed by atoms with E-state index in [1.165, 1.54) is 0 Å². The summed E-state index contributed by atoms with van der Waals surface area (Å²) in [5.41, 5.74) is 1.68. The second kappa shape index (κ2) is 8.50. The predicted molar refractivity (Wildman–Crippen MR) is 98.5 cm³/mol. The van der Waals surface area contributed by atoms with Gasteiger partial charge in [0, 0.05) is 17.2 Å². The Morgan fingerprint density at radius 3 is 2.25 bits per heavy atom. The molecule has 0 atom stereocenters. The Balaban J connectivity index is 2.07. The standard InChI is InChI=1S/C19H21ClN2O2/c1-3-13(4-2)18(23)21-15-10-11-17(16(20)12-15)22-19(24)14-8-6-5-7-9-14/h5-13H,3-4H2,1-2H3,(H,21,23)(H,22,24). The average Bonchev–Trinajstić information content (AvgIpc) is 2.59. The minimum absolute atomic E-state index is 0.0127. The quantitative estimate of drug-likeness (QED) is 0.777. The van der Waals surface area contributed by atoms with E-state index in [0.29, 0.717) is 22.0 Å². The van der Waals surface area contributed by atoms with Crippen molar-refractivity contribution < 1.29 is 9.59 Å². The lowest BCUT2D eigenvalue weighted by atomic mass is 10.0. The lowest BCUT2D eigenvalue weighted by molar-refractivity contribution is -0.120. The fourth-order valence-corrected chi connectivity index (χ4v) is 2.61. The summed E-state index contributed by atoms with van der Waals surface area (Å²) < 4.78 is 0. The molecule has 2 N–H and O–H groups in total. The number of hydrogen-bond acceptors (Lipinski definition) is 2. The van der Waals surface area contributed by atoms with Crippen LogP contribution in [-0.4, -0.2) is 11.8 Å². The predicted octanol–water partition coefficient (Wildman–Crippen LogP) is 4.97. The van der Waals surface area contributed by atoms with Gasteiger partial charge in [0.2, 0.25) is 5.91 Å². The molecule has 0 bridgehead atoms. The minimum atomic E-state index is -0.230. The molecule has 0 fully saturated rings. The maximum Gasteiger partial charge on any atom is 0.255 e. The average molecular weight is 345 g/mol. The van der Waals surface area contributed by atoms with Gasteiger partial charge in [-0.2, -0.15) is 0 Å². The molecule has 126 valence electrons. The number of carbonyl (C=O) groups is 2. The highest BCUT2D eigenvalue weighted by Crippen LogP contribution is 2.26. The van der Waals surface area contributed by atoms with Crippen molar-refractivity contribution in [2.75, 3.05) is 10.6 Å². The number of carbonyl (C=O) groups excluding carboxylic acids is 2. The van der Waals surface area contributed by atoms with E-state index in [4.69, 9.17) is 11.6 Å². The monoisotopic (exact) mass is 344 g/mol. The van der Waals surface area contributed by atoms with E-state index in [2.05, 4.69) is 10.6 Å². The fourth-order valence-electron chi connectivity index (χ4n) is 2.38. The first-order chi connectivity index (χ1) is 11.5. The molecule has 0 aliphatic rings. The SMILES string of the molecule is CCC(CC)C(=O)Nc1ccc(NC(=O)c2ccccc2)c(Cl)c1. The fraction of sp³-hybridized carbons (Fsp3) is 0.263. The highest BCUT2D eigenvalue weighted by molar-refractivity contribution is 6.34. The van der Waals surface area contributed by atoms with Crippen LogP contribution in [-0.2, 0) is 4.79 Å². The molecular formula is C19H21ClN2O2. The van der Waals surface area contributed by atoms with E-state index in [1.54, 1.807) is 42.5 Å². The molecule has 0 radical (unpaired) electrons. The van der Waals surface area contributed by atoms with Gasteiger partial charge in [0.25, 0.3) is 5.91 Å². The Bertz CT molecular complexity index is 713. The lowest BCUT2D eigenvalue weighted by Gasteiger charge is -2.14. The smallest absolute Gasteiger partial charge is 0.255 e. The first kappa shape index (κ1) is 18.0. The molecule has 0 heterocycles. The van der Waals surface area contributed by atoms with Gasteiger partial charge in [-0.15, -0.1) is 0 Å². The highest BCUT2D eigenvalue weighted by Gasteiger charge is 2.15. The molecule has 0 aliphatic carbocycles. The van der Waals surface area contributed by atoms with Gasteiger partial charge in [0.1, 0.15) is 0 Å². The molecule has 2 aromatic rings. The Morgan fingerprint density at radius 1 is 1.00 bits per heavy atom. The van der Waals surface area contributed by atoms with Crippen LogP contribution in [0.3, 0.4) is 0 Å². The van der Waals surface area contributed by atoms with Crippen LogP contribution in [0.2, 0.25) is 5.02 Å². The lowest BCUT2D eigenvalue weighted by Crippen LogP contribution is -2.21.